The molecule has 0 rings (SSSR count). The van der Waals surface area contributed by atoms with Gasteiger partial charge in [0.25, 0.3) is 0 Å². The molecule has 46 valence electrons. The van der Waals surface area contributed by atoms with E-state index >= 15 is 0 Å². The summed E-state index contributed by atoms with van der Waals surface area (Å²) in [6.07, 6.45) is 2.44. The van der Waals surface area contributed by atoms with Crippen molar-refractivity contribution in [2.75, 3.05) is 0 Å². The minimum absolute atomic E-state index is 0.391. The molecule has 0 amide bonds. The first-order valence-electron chi connectivity index (χ1n) is 2.92. The minimum Gasteiger partial charge on any atom is -0.132 e. The van der Waals surface area contributed by atoms with Crippen LogP contribution in [0.3, 0.4) is 0 Å². The maximum atomic E-state index is 7.86. The van der Waals surface area contributed by atoms with E-state index < -0.39 is 9.68 Å². The number of azide groups is 1. The molecule has 0 heterocycles. The van der Waals surface area contributed by atoms with E-state index in [0.717, 1.165) is 0 Å². The zero-order chi connectivity index (χ0) is 6.24. The highest BCUT2D eigenvalue weighted by Crippen LogP contribution is 1.92. The molecule has 0 saturated heterocycles. The highest BCUT2D eigenvalue weighted by Gasteiger charge is 1.80. The Hall–Kier alpha value is -0.473. The van der Waals surface area contributed by atoms with Crippen molar-refractivity contribution in [1.82, 2.24) is 0 Å². The Kier molecular flexibility index (Phi) is 6.14. The first kappa shape index (κ1) is 7.53. The van der Waals surface area contributed by atoms with Crippen LogP contribution in [0.1, 0.15) is 19.8 Å². The van der Waals surface area contributed by atoms with Crippen molar-refractivity contribution in [3.63, 3.8) is 0 Å². The zero-order valence-corrected chi connectivity index (χ0v) is 6.58. The molecule has 4 heteroatoms. The molecule has 3 nitrogen and oxygen atoms in total. The molecule has 0 aliphatic rings. The fraction of sp³-hybridized carbons (Fsp3) is 1.00. The Morgan fingerprint density at radius 2 is 2.50 bits per heavy atom. The Balaban J connectivity index is 2.82. The van der Waals surface area contributed by atoms with Crippen molar-refractivity contribution in [2.24, 2.45) is 4.78 Å². The third-order valence-electron chi connectivity index (χ3n) is 0.925. The van der Waals surface area contributed by atoms with Gasteiger partial charge in [-0.05, 0) is 10.4 Å². The van der Waals surface area contributed by atoms with Crippen LogP contribution in [0.2, 0.25) is 6.04 Å². The number of hydrogen-bond donors (Lipinski definition) is 0. The maximum absolute atomic E-state index is 7.86. The molecule has 0 fully saturated rings. The van der Waals surface area contributed by atoms with Gasteiger partial charge in [0.2, 0.25) is 0 Å². The summed E-state index contributed by atoms with van der Waals surface area (Å²) in [5.74, 6) is 0. The predicted octanol–water partition coefficient (Wildman–Crippen LogP) is 1.60. The van der Waals surface area contributed by atoms with Gasteiger partial charge in [-0.15, -0.1) is 4.78 Å². The number of unbranched alkanes of at least 4 members (excludes halogenated alkanes) is 1. The van der Waals surface area contributed by atoms with Gasteiger partial charge in [0.05, 0.1) is 0 Å². The van der Waals surface area contributed by atoms with Gasteiger partial charge >= 0.3 is 0 Å². The first-order valence-corrected chi connectivity index (χ1v) is 4.56. The first-order chi connectivity index (χ1) is 3.91. The van der Waals surface area contributed by atoms with Crippen molar-refractivity contribution in [3.05, 3.63) is 10.4 Å². The molecule has 0 aromatic rings. The molecule has 0 unspecified atom stereocenters. The summed E-state index contributed by atoms with van der Waals surface area (Å²) in [7, 11) is -0.391. The van der Waals surface area contributed by atoms with E-state index in [9.17, 15) is 0 Å². The zero-order valence-electron chi connectivity index (χ0n) is 5.17. The monoisotopic (exact) mass is 129 g/mol. The SMILES string of the molecule is CCCC[SiH2]N=[N+]=[N-]. The van der Waals surface area contributed by atoms with Crippen LogP contribution in [-0.2, 0) is 0 Å². The fourth-order valence-corrected chi connectivity index (χ4v) is 1.43. The van der Waals surface area contributed by atoms with Crippen LogP contribution in [0.5, 0.6) is 0 Å². The second-order valence-electron chi connectivity index (χ2n) is 1.66. The van der Waals surface area contributed by atoms with Gasteiger partial charge in [-0.3, -0.25) is 0 Å². The van der Waals surface area contributed by atoms with Gasteiger partial charge in [-0.1, -0.05) is 25.8 Å². The van der Waals surface area contributed by atoms with Gasteiger partial charge < -0.3 is 0 Å². The van der Waals surface area contributed by atoms with Crippen LogP contribution in [0.25, 0.3) is 10.4 Å². The second-order valence-corrected chi connectivity index (χ2v) is 3.10. The van der Waals surface area contributed by atoms with Crippen molar-refractivity contribution in [1.29, 1.82) is 0 Å². The molecule has 0 aliphatic heterocycles. The second kappa shape index (κ2) is 6.53. The highest BCUT2D eigenvalue weighted by atomic mass is 28.2. The summed E-state index contributed by atoms with van der Waals surface area (Å²) in [5.41, 5.74) is 7.86. The van der Waals surface area contributed by atoms with Crippen LogP contribution in [-0.4, -0.2) is 9.68 Å². The fourth-order valence-electron chi connectivity index (χ4n) is 0.477. The lowest BCUT2D eigenvalue weighted by Gasteiger charge is -1.85. The van der Waals surface area contributed by atoms with Crippen LogP contribution in [0.4, 0.5) is 0 Å². The standard InChI is InChI=1S/C4H11N3Si/c1-2-3-4-8-7-6-5/h2-4,8H2,1H3. The van der Waals surface area contributed by atoms with E-state index in [1.165, 1.54) is 18.9 Å². The largest absolute Gasteiger partial charge is 0.132 e. The van der Waals surface area contributed by atoms with Crippen molar-refractivity contribution < 1.29 is 0 Å². The van der Waals surface area contributed by atoms with Crippen molar-refractivity contribution in [2.45, 2.75) is 25.8 Å². The van der Waals surface area contributed by atoms with E-state index in [-0.39, 0.29) is 0 Å². The molecule has 0 bridgehead atoms. The van der Waals surface area contributed by atoms with Gasteiger partial charge in [0, 0.05) is 0 Å². The molecule has 0 N–H and O–H groups in total. The van der Waals surface area contributed by atoms with Gasteiger partial charge in [0.1, 0.15) is 9.68 Å². The van der Waals surface area contributed by atoms with Crippen LogP contribution in [0, 0.1) is 0 Å². The third-order valence-corrected chi connectivity index (χ3v) is 2.07. The van der Waals surface area contributed by atoms with E-state index in [4.69, 9.17) is 5.53 Å². The quantitative estimate of drug-likeness (QED) is 0.182. The summed E-state index contributed by atoms with van der Waals surface area (Å²) in [5, 5.41) is 0. The lowest BCUT2D eigenvalue weighted by Crippen LogP contribution is -1.80. The molecule has 0 radical (unpaired) electrons. The Morgan fingerprint density at radius 1 is 1.75 bits per heavy atom. The molecule has 0 spiro atoms. The summed E-state index contributed by atoms with van der Waals surface area (Å²) in [6.45, 7) is 2.14. The topological polar surface area (TPSA) is 48.8 Å². The highest BCUT2D eigenvalue weighted by molar-refractivity contribution is 6.32. The summed E-state index contributed by atoms with van der Waals surface area (Å²) < 4.78 is 3.53. The predicted molar refractivity (Wildman–Crippen MR) is 37.4 cm³/mol. The van der Waals surface area contributed by atoms with E-state index in [2.05, 4.69) is 16.6 Å². The van der Waals surface area contributed by atoms with Crippen molar-refractivity contribution >= 4 is 9.68 Å². The molecule has 0 aromatic heterocycles. The van der Waals surface area contributed by atoms with E-state index in [1.807, 2.05) is 0 Å². The third kappa shape index (κ3) is 5.53. The minimum atomic E-state index is -0.391. The summed E-state index contributed by atoms with van der Waals surface area (Å²) in [4.78, 5) is 2.69. The van der Waals surface area contributed by atoms with Crippen LogP contribution in [0.15, 0.2) is 4.78 Å². The lowest BCUT2D eigenvalue weighted by molar-refractivity contribution is 0.878. The summed E-state index contributed by atoms with van der Waals surface area (Å²) in [6, 6.07) is 1.17. The van der Waals surface area contributed by atoms with Gasteiger partial charge in [-0.25, -0.2) is 0 Å². The molecule has 0 aliphatic carbocycles. The van der Waals surface area contributed by atoms with Crippen LogP contribution < -0.4 is 0 Å². The maximum Gasteiger partial charge on any atom is 0.124 e. The van der Waals surface area contributed by atoms with E-state index in [1.54, 1.807) is 0 Å². The van der Waals surface area contributed by atoms with Crippen molar-refractivity contribution in [3.8, 4) is 0 Å². The Morgan fingerprint density at radius 3 is 3.00 bits per heavy atom. The lowest BCUT2D eigenvalue weighted by atomic mass is 10.4. The Labute approximate surface area is 51.6 Å². The van der Waals surface area contributed by atoms with Gasteiger partial charge in [0.15, 0.2) is 0 Å². The molecule has 8 heavy (non-hydrogen) atoms. The number of hydrogen-bond acceptors (Lipinski definition) is 1. The average Bonchev–Trinajstić information content (AvgIpc) is 1.81. The van der Waals surface area contributed by atoms with Crippen LogP contribution >= 0.6 is 0 Å². The average molecular weight is 129 g/mol. The van der Waals surface area contributed by atoms with Gasteiger partial charge in [-0.2, -0.15) is 0 Å². The number of nitrogens with zero attached hydrogens (tertiary/aromatic N) is 3. The molecular weight excluding hydrogens is 118 g/mol. The molecular formula is C4H11N3Si. The normalized spacial score (nSPS) is 9.62. The molecule has 0 atom stereocenters. The molecule has 0 aromatic carbocycles. The Bertz CT molecular complexity index is 87.3. The van der Waals surface area contributed by atoms with E-state index in [0.29, 0.717) is 0 Å². The number of rotatable bonds is 4. The summed E-state index contributed by atoms with van der Waals surface area (Å²) >= 11 is 0. The molecule has 0 saturated carbocycles. The smallest absolute Gasteiger partial charge is 0.124 e.